The molecule has 0 saturated heterocycles. The van der Waals surface area contributed by atoms with Crippen molar-refractivity contribution in [3.8, 4) is 17.0 Å². The van der Waals surface area contributed by atoms with Crippen LogP contribution in [0.3, 0.4) is 0 Å². The quantitative estimate of drug-likeness (QED) is 0.575. The summed E-state index contributed by atoms with van der Waals surface area (Å²) in [6.07, 6.45) is 1.57. The van der Waals surface area contributed by atoms with Crippen LogP contribution in [0.5, 0.6) is 5.88 Å². The van der Waals surface area contributed by atoms with Crippen LogP contribution in [0.1, 0.15) is 33.2 Å². The zero-order valence-electron chi connectivity index (χ0n) is 16.0. The van der Waals surface area contributed by atoms with E-state index in [1.807, 2.05) is 0 Å². The van der Waals surface area contributed by atoms with E-state index in [-0.39, 0.29) is 22.7 Å². The van der Waals surface area contributed by atoms with E-state index in [1.165, 1.54) is 24.3 Å². The van der Waals surface area contributed by atoms with E-state index in [4.69, 9.17) is 16.3 Å². The highest BCUT2D eigenvalue weighted by atomic mass is 35.5. The van der Waals surface area contributed by atoms with Gasteiger partial charge in [0.05, 0.1) is 17.7 Å². The predicted octanol–water partition coefficient (Wildman–Crippen LogP) is 4.57. The number of nitrogens with zero attached hydrogens (tertiary/aromatic N) is 1. The minimum absolute atomic E-state index is 0.0374. The Hall–Kier alpha value is -3.45. The molecule has 3 aromatic rings. The summed E-state index contributed by atoms with van der Waals surface area (Å²) >= 11 is 5.72. The normalized spacial score (nSPS) is 10.5. The van der Waals surface area contributed by atoms with Crippen molar-refractivity contribution >= 4 is 23.5 Å². The predicted molar refractivity (Wildman–Crippen MR) is 110 cm³/mol. The number of carboxylic acid groups (broad SMARTS) is 1. The average Bonchev–Trinajstić information content (AvgIpc) is 2.73. The first-order valence-corrected chi connectivity index (χ1v) is 9.45. The summed E-state index contributed by atoms with van der Waals surface area (Å²) in [5.74, 6) is -2.03. The number of halogens is 2. The van der Waals surface area contributed by atoms with E-state index in [2.05, 4.69) is 10.3 Å². The van der Waals surface area contributed by atoms with Crippen LogP contribution in [0.25, 0.3) is 11.1 Å². The molecule has 0 aliphatic carbocycles. The number of benzene rings is 2. The molecule has 3 rings (SSSR count). The summed E-state index contributed by atoms with van der Waals surface area (Å²) in [6, 6.07) is 12.0. The molecule has 1 heterocycles. The minimum Gasteiger partial charge on any atom is -0.478 e. The molecule has 6 nitrogen and oxygen atoms in total. The number of rotatable bonds is 7. The van der Waals surface area contributed by atoms with Crippen LogP contribution >= 0.6 is 11.6 Å². The van der Waals surface area contributed by atoms with Crippen molar-refractivity contribution in [1.29, 1.82) is 0 Å². The smallest absolute Gasteiger partial charge is 0.335 e. The van der Waals surface area contributed by atoms with Gasteiger partial charge in [-0.25, -0.2) is 14.2 Å². The van der Waals surface area contributed by atoms with Gasteiger partial charge in [0.25, 0.3) is 5.91 Å². The zero-order valence-corrected chi connectivity index (χ0v) is 16.7. The molecule has 30 heavy (non-hydrogen) atoms. The molecule has 0 spiro atoms. The Bertz CT molecular complexity index is 1100. The van der Waals surface area contributed by atoms with E-state index in [1.54, 1.807) is 31.3 Å². The van der Waals surface area contributed by atoms with Gasteiger partial charge in [0.2, 0.25) is 5.88 Å². The summed E-state index contributed by atoms with van der Waals surface area (Å²) in [5, 5.41) is 12.0. The number of carbonyl (C=O) groups is 2. The van der Waals surface area contributed by atoms with Crippen molar-refractivity contribution in [2.75, 3.05) is 6.61 Å². The van der Waals surface area contributed by atoms with Crippen molar-refractivity contribution in [3.63, 3.8) is 0 Å². The van der Waals surface area contributed by atoms with Gasteiger partial charge >= 0.3 is 5.97 Å². The number of aromatic carboxylic acids is 1. The number of amides is 1. The maximum Gasteiger partial charge on any atom is 0.335 e. The molecular weight excluding hydrogens is 411 g/mol. The van der Waals surface area contributed by atoms with Crippen LogP contribution < -0.4 is 10.1 Å². The fraction of sp³-hybridized carbons (Fsp3) is 0.136. The standard InChI is InChI=1S/C22H18ClFN2O4/c1-2-30-21-16(12-25-20(27)18-7-6-17(23)10-19(18)24)9-15(11-26-21)13-4-3-5-14(8-13)22(28)29/h3-11H,2,12H2,1H3,(H,25,27)(H,28,29). The second kappa shape index (κ2) is 9.37. The lowest BCUT2D eigenvalue weighted by atomic mass is 10.0. The summed E-state index contributed by atoms with van der Waals surface area (Å²) < 4.78 is 19.5. The largest absolute Gasteiger partial charge is 0.478 e. The Morgan fingerprint density at radius 3 is 2.67 bits per heavy atom. The third kappa shape index (κ3) is 4.93. The van der Waals surface area contributed by atoms with Crippen LogP contribution in [-0.2, 0) is 6.54 Å². The maximum absolute atomic E-state index is 14.0. The topological polar surface area (TPSA) is 88.5 Å². The third-order valence-electron chi connectivity index (χ3n) is 4.26. The average molecular weight is 429 g/mol. The Balaban J connectivity index is 1.87. The number of carboxylic acids is 1. The number of hydrogen-bond acceptors (Lipinski definition) is 4. The molecule has 0 atom stereocenters. The Morgan fingerprint density at radius 1 is 1.17 bits per heavy atom. The maximum atomic E-state index is 14.0. The summed E-state index contributed by atoms with van der Waals surface area (Å²) in [4.78, 5) is 27.9. The lowest BCUT2D eigenvalue weighted by Crippen LogP contribution is -2.24. The number of pyridine rings is 1. The molecule has 0 saturated carbocycles. The number of nitrogens with one attached hydrogen (secondary N) is 1. The highest BCUT2D eigenvalue weighted by molar-refractivity contribution is 6.30. The van der Waals surface area contributed by atoms with Crippen LogP contribution in [0, 0.1) is 5.82 Å². The van der Waals surface area contributed by atoms with Crippen molar-refractivity contribution in [3.05, 3.63) is 82.3 Å². The summed E-state index contributed by atoms with van der Waals surface area (Å²) in [6.45, 7) is 2.21. The van der Waals surface area contributed by atoms with Gasteiger partial charge in [0, 0.05) is 28.9 Å². The molecule has 0 aliphatic heterocycles. The van der Waals surface area contributed by atoms with Gasteiger partial charge in [-0.1, -0.05) is 23.7 Å². The molecule has 2 aromatic carbocycles. The van der Waals surface area contributed by atoms with Gasteiger partial charge in [0.1, 0.15) is 5.82 Å². The van der Waals surface area contributed by atoms with Gasteiger partial charge in [-0.3, -0.25) is 4.79 Å². The van der Waals surface area contributed by atoms with Gasteiger partial charge in [-0.15, -0.1) is 0 Å². The lowest BCUT2D eigenvalue weighted by Gasteiger charge is -2.13. The second-order valence-electron chi connectivity index (χ2n) is 6.31. The number of hydrogen-bond donors (Lipinski definition) is 2. The van der Waals surface area contributed by atoms with Crippen molar-refractivity contribution in [1.82, 2.24) is 10.3 Å². The van der Waals surface area contributed by atoms with Gasteiger partial charge < -0.3 is 15.2 Å². The van der Waals surface area contributed by atoms with E-state index >= 15 is 0 Å². The zero-order chi connectivity index (χ0) is 21.7. The first kappa shape index (κ1) is 21.3. The van der Waals surface area contributed by atoms with Gasteiger partial charge in [0.15, 0.2) is 0 Å². The van der Waals surface area contributed by atoms with Crippen molar-refractivity contribution in [2.45, 2.75) is 13.5 Å². The van der Waals surface area contributed by atoms with Crippen LogP contribution in [0.15, 0.2) is 54.7 Å². The molecular formula is C22H18ClFN2O4. The lowest BCUT2D eigenvalue weighted by molar-refractivity contribution is 0.0696. The van der Waals surface area contributed by atoms with E-state index < -0.39 is 17.7 Å². The van der Waals surface area contributed by atoms with Crippen LogP contribution in [-0.4, -0.2) is 28.6 Å². The molecule has 2 N–H and O–H groups in total. The van der Waals surface area contributed by atoms with Crippen molar-refractivity contribution in [2.24, 2.45) is 0 Å². The Kier molecular flexibility index (Phi) is 6.64. The monoisotopic (exact) mass is 428 g/mol. The number of ether oxygens (including phenoxy) is 1. The Morgan fingerprint density at radius 2 is 1.97 bits per heavy atom. The van der Waals surface area contributed by atoms with E-state index in [0.29, 0.717) is 29.2 Å². The molecule has 1 aromatic heterocycles. The number of aromatic nitrogens is 1. The fourth-order valence-electron chi connectivity index (χ4n) is 2.83. The first-order valence-electron chi connectivity index (χ1n) is 9.07. The molecule has 0 radical (unpaired) electrons. The third-order valence-corrected chi connectivity index (χ3v) is 4.50. The summed E-state index contributed by atoms with van der Waals surface area (Å²) in [7, 11) is 0. The number of carbonyl (C=O) groups excluding carboxylic acids is 1. The second-order valence-corrected chi connectivity index (χ2v) is 6.75. The Labute approximate surface area is 177 Å². The molecule has 0 fully saturated rings. The van der Waals surface area contributed by atoms with Gasteiger partial charge in [-0.2, -0.15) is 0 Å². The fourth-order valence-corrected chi connectivity index (χ4v) is 2.98. The van der Waals surface area contributed by atoms with Crippen LogP contribution in [0.4, 0.5) is 4.39 Å². The van der Waals surface area contributed by atoms with Crippen LogP contribution in [0.2, 0.25) is 5.02 Å². The molecule has 8 heteroatoms. The highest BCUT2D eigenvalue weighted by Crippen LogP contribution is 2.25. The molecule has 0 unspecified atom stereocenters. The minimum atomic E-state index is -1.03. The molecule has 1 amide bonds. The summed E-state index contributed by atoms with van der Waals surface area (Å²) in [5.41, 5.74) is 1.90. The molecule has 0 bridgehead atoms. The van der Waals surface area contributed by atoms with E-state index in [9.17, 15) is 19.1 Å². The first-order chi connectivity index (χ1) is 14.4. The van der Waals surface area contributed by atoms with E-state index in [0.717, 1.165) is 6.07 Å². The highest BCUT2D eigenvalue weighted by Gasteiger charge is 2.15. The van der Waals surface area contributed by atoms with Gasteiger partial charge in [-0.05, 0) is 48.9 Å². The van der Waals surface area contributed by atoms with Crippen molar-refractivity contribution < 1.29 is 23.8 Å². The molecule has 0 aliphatic rings. The SMILES string of the molecule is CCOc1ncc(-c2cccc(C(=O)O)c2)cc1CNC(=O)c1ccc(Cl)cc1F. The molecule has 154 valence electrons.